The van der Waals surface area contributed by atoms with E-state index in [1.54, 1.807) is 11.3 Å². The largest absolute Gasteiger partial charge is 0.251 e. The predicted octanol–water partition coefficient (Wildman–Crippen LogP) is 12.9. The Hall–Kier alpha value is -6.75. The first kappa shape index (κ1) is 35.6. The molecule has 1 unspecified atom stereocenters. The van der Waals surface area contributed by atoms with Gasteiger partial charge in [0, 0.05) is 26.5 Å². The van der Waals surface area contributed by atoms with Crippen molar-refractivity contribution in [3.8, 4) is 0 Å². The molecular formula is C54H41N3S. The molecule has 5 heterocycles. The third kappa shape index (κ3) is 6.09. The maximum Gasteiger partial charge on any atom is 0.105 e. The Labute approximate surface area is 344 Å². The number of aliphatic imine (C=N–C) groups is 3. The summed E-state index contributed by atoms with van der Waals surface area (Å²) < 4.78 is 0. The molecule has 1 atom stereocenters. The molecular weight excluding hydrogens is 723 g/mol. The van der Waals surface area contributed by atoms with Crippen molar-refractivity contribution in [3.05, 3.63) is 253 Å². The summed E-state index contributed by atoms with van der Waals surface area (Å²) in [5.74, 6) is 0. The Balaban J connectivity index is 1.34. The van der Waals surface area contributed by atoms with Gasteiger partial charge in [-0.15, -0.1) is 11.3 Å². The molecule has 0 aliphatic carbocycles. The van der Waals surface area contributed by atoms with E-state index < -0.39 is 5.41 Å². The smallest absolute Gasteiger partial charge is 0.105 e. The second kappa shape index (κ2) is 14.3. The molecule has 5 aromatic carbocycles. The van der Waals surface area contributed by atoms with Gasteiger partial charge in [0.05, 0.1) is 34.2 Å². The van der Waals surface area contributed by atoms with E-state index in [-0.39, 0.29) is 0 Å². The topological polar surface area (TPSA) is 37.1 Å². The molecule has 6 aromatic rings. The number of allylic oxidation sites excluding steroid dienone is 7. The zero-order chi connectivity index (χ0) is 39.4. The molecule has 58 heavy (non-hydrogen) atoms. The zero-order valence-electron chi connectivity index (χ0n) is 33.0. The van der Waals surface area contributed by atoms with E-state index in [1.165, 1.54) is 22.3 Å². The van der Waals surface area contributed by atoms with E-state index in [2.05, 4.69) is 204 Å². The lowest BCUT2D eigenvalue weighted by atomic mass is 9.67. The maximum absolute atomic E-state index is 5.70. The van der Waals surface area contributed by atoms with Gasteiger partial charge in [-0.05, 0) is 104 Å². The molecule has 8 bridgehead atoms. The van der Waals surface area contributed by atoms with Crippen LogP contribution >= 0.6 is 11.3 Å². The average Bonchev–Trinajstić information content (AvgIpc) is 4.09. The quantitative estimate of drug-likeness (QED) is 0.168. The van der Waals surface area contributed by atoms with Crippen LogP contribution in [0.3, 0.4) is 0 Å². The first-order chi connectivity index (χ1) is 28.3. The highest BCUT2D eigenvalue weighted by Gasteiger charge is 2.45. The highest BCUT2D eigenvalue weighted by Crippen LogP contribution is 2.45. The average molecular weight is 764 g/mol. The second-order valence-electron chi connectivity index (χ2n) is 15.5. The van der Waals surface area contributed by atoms with Gasteiger partial charge in [-0.1, -0.05) is 150 Å². The molecule has 4 heteroatoms. The number of hydrogen-bond acceptors (Lipinski definition) is 4. The van der Waals surface area contributed by atoms with Gasteiger partial charge >= 0.3 is 0 Å². The summed E-state index contributed by atoms with van der Waals surface area (Å²) in [6.07, 6.45) is 13.1. The molecule has 4 aliphatic heterocycles. The molecule has 0 radical (unpaired) electrons. The molecule has 0 amide bonds. The number of hydrogen-bond donors (Lipinski definition) is 0. The van der Waals surface area contributed by atoms with Crippen molar-refractivity contribution in [2.75, 3.05) is 0 Å². The number of thiophene rings is 1. The first-order valence-electron chi connectivity index (χ1n) is 19.8. The third-order valence-corrected chi connectivity index (χ3v) is 12.6. The summed E-state index contributed by atoms with van der Waals surface area (Å²) in [5, 5.41) is 0. The van der Waals surface area contributed by atoms with Gasteiger partial charge < -0.3 is 0 Å². The van der Waals surface area contributed by atoms with E-state index in [1.807, 2.05) is 0 Å². The summed E-state index contributed by atoms with van der Waals surface area (Å²) in [5.41, 5.74) is 18.2. The number of aryl methyl sites for hydroxylation is 4. The van der Waals surface area contributed by atoms with E-state index in [0.717, 1.165) is 88.5 Å². The molecule has 0 fully saturated rings. The Morgan fingerprint density at radius 3 is 1.26 bits per heavy atom. The standard InChI is InChI=1S/C54H41N3S/c1-34-10-18-38(19-11-34)51-43-26-27-45(55-43)52(39-20-12-35(2)13-21-39)47-30-31-48(58-47)53(40-22-14-36(3)15-23-40)46-29-33-50(57-46)54(41-8-6-5-7-9-41,49-32-28-44(51)56-49)42-24-16-37(4)17-25-42/h5-33H,1-4H3/b51-44-,52-45-,53-46-. The molecule has 0 saturated heterocycles. The normalized spacial score (nSPS) is 22.0. The van der Waals surface area contributed by atoms with Gasteiger partial charge in [-0.2, -0.15) is 0 Å². The molecule has 0 N–H and O–H groups in total. The van der Waals surface area contributed by atoms with Crippen molar-refractivity contribution in [2.24, 2.45) is 15.0 Å². The SMILES string of the molecule is Cc1ccc(/C2=C3\C=CC(=N3)C(c3ccccc3)(c3ccc(C)cc3)C3=N/C(=C(/c4ccc(C)cc4)c4ccc(s4)/C(c4ccc(C)cc4)=C4/C=CC2=N4)C=C3)cc1. The number of benzene rings is 5. The highest BCUT2D eigenvalue weighted by molar-refractivity contribution is 7.14. The van der Waals surface area contributed by atoms with Gasteiger partial charge in [-0.3, -0.25) is 9.98 Å². The van der Waals surface area contributed by atoms with Crippen LogP contribution in [0.5, 0.6) is 0 Å². The van der Waals surface area contributed by atoms with E-state index in [0.29, 0.717) is 0 Å². The van der Waals surface area contributed by atoms with Crippen LogP contribution in [-0.2, 0) is 5.41 Å². The molecule has 0 spiro atoms. The lowest BCUT2D eigenvalue weighted by Crippen LogP contribution is -2.42. The Morgan fingerprint density at radius 2 is 0.759 bits per heavy atom. The van der Waals surface area contributed by atoms with Crippen molar-refractivity contribution in [1.29, 1.82) is 0 Å². The van der Waals surface area contributed by atoms with Crippen LogP contribution in [0.25, 0.3) is 16.7 Å². The van der Waals surface area contributed by atoms with E-state index >= 15 is 0 Å². The van der Waals surface area contributed by atoms with Crippen LogP contribution in [0.4, 0.5) is 0 Å². The van der Waals surface area contributed by atoms with Gasteiger partial charge in [0.25, 0.3) is 0 Å². The Kier molecular flexibility index (Phi) is 8.80. The summed E-state index contributed by atoms with van der Waals surface area (Å²) in [4.78, 5) is 19.2. The van der Waals surface area contributed by atoms with E-state index in [9.17, 15) is 0 Å². The number of fused-ring (bicyclic) bond motifs is 5. The van der Waals surface area contributed by atoms with E-state index in [4.69, 9.17) is 15.0 Å². The van der Waals surface area contributed by atoms with Crippen LogP contribution in [-0.4, -0.2) is 17.1 Å². The van der Waals surface area contributed by atoms with Crippen molar-refractivity contribution in [2.45, 2.75) is 33.1 Å². The fourth-order valence-electron chi connectivity index (χ4n) is 8.47. The fraction of sp³-hybridized carbons (Fsp3) is 0.0926. The van der Waals surface area contributed by atoms with Gasteiger partial charge in [0.15, 0.2) is 0 Å². The molecule has 1 aromatic heterocycles. The van der Waals surface area contributed by atoms with Gasteiger partial charge in [0.1, 0.15) is 5.41 Å². The molecule has 278 valence electrons. The minimum atomic E-state index is -0.823. The van der Waals surface area contributed by atoms with Gasteiger partial charge in [0.2, 0.25) is 0 Å². The highest BCUT2D eigenvalue weighted by atomic mass is 32.1. The van der Waals surface area contributed by atoms with Crippen molar-refractivity contribution in [1.82, 2.24) is 0 Å². The summed E-state index contributed by atoms with van der Waals surface area (Å²) >= 11 is 1.79. The van der Waals surface area contributed by atoms with Crippen LogP contribution in [0.1, 0.15) is 59.8 Å². The minimum Gasteiger partial charge on any atom is -0.251 e. The number of nitrogens with zero attached hydrogens (tertiary/aromatic N) is 3. The summed E-state index contributed by atoms with van der Waals surface area (Å²) in [7, 11) is 0. The van der Waals surface area contributed by atoms with Crippen molar-refractivity contribution < 1.29 is 0 Å². The first-order valence-corrected chi connectivity index (χ1v) is 20.7. The van der Waals surface area contributed by atoms with Crippen LogP contribution in [0, 0.1) is 27.7 Å². The zero-order valence-corrected chi connectivity index (χ0v) is 33.8. The van der Waals surface area contributed by atoms with Crippen LogP contribution in [0.15, 0.2) is 208 Å². The third-order valence-electron chi connectivity index (χ3n) is 11.5. The van der Waals surface area contributed by atoms with Crippen LogP contribution in [0.2, 0.25) is 0 Å². The lowest BCUT2D eigenvalue weighted by Gasteiger charge is -2.34. The lowest BCUT2D eigenvalue weighted by molar-refractivity contribution is 0.926. The van der Waals surface area contributed by atoms with Gasteiger partial charge in [-0.25, -0.2) is 4.99 Å². The Morgan fingerprint density at radius 1 is 0.362 bits per heavy atom. The molecule has 3 nitrogen and oxygen atoms in total. The maximum atomic E-state index is 5.70. The number of rotatable bonds is 5. The van der Waals surface area contributed by atoms with Crippen molar-refractivity contribution in [3.63, 3.8) is 0 Å². The molecule has 4 aliphatic rings. The van der Waals surface area contributed by atoms with Crippen LogP contribution < -0.4 is 0 Å². The molecule has 10 rings (SSSR count). The van der Waals surface area contributed by atoms with Crippen molar-refractivity contribution >= 4 is 45.2 Å². The second-order valence-corrected chi connectivity index (χ2v) is 16.6. The minimum absolute atomic E-state index is 0.823. The Bertz CT molecular complexity index is 2900. The summed E-state index contributed by atoms with van der Waals surface area (Å²) in [6.45, 7) is 8.54. The predicted molar refractivity (Wildman–Crippen MR) is 245 cm³/mol. The molecule has 0 saturated carbocycles. The fourth-order valence-corrected chi connectivity index (χ4v) is 9.63. The monoisotopic (exact) mass is 763 g/mol. The summed E-state index contributed by atoms with van der Waals surface area (Å²) in [6, 6.07) is 50.5.